The third kappa shape index (κ3) is 3.73. The second-order valence-electron chi connectivity index (χ2n) is 4.07. The topological polar surface area (TPSA) is 48.3 Å². The minimum atomic E-state index is 0.664. The monoisotopic (exact) mass is 247 g/mol. The number of nitrogens with one attached hydrogen (secondary N) is 1. The van der Waals surface area contributed by atoms with Gasteiger partial charge in [0.05, 0.1) is 17.9 Å². The zero-order valence-corrected chi connectivity index (χ0v) is 11.4. The summed E-state index contributed by atoms with van der Waals surface area (Å²) in [6, 6.07) is 8.30. The van der Waals surface area contributed by atoms with Gasteiger partial charge in [0.2, 0.25) is 0 Å². The van der Waals surface area contributed by atoms with Crippen LogP contribution in [0, 0.1) is 11.3 Å². The van der Waals surface area contributed by atoms with E-state index < -0.39 is 0 Å². The average Bonchev–Trinajstić information content (AvgIpc) is 2.41. The van der Waals surface area contributed by atoms with Crippen LogP contribution in [-0.4, -0.2) is 33.9 Å². The molecule has 0 amide bonds. The number of nitriles is 1. The second kappa shape index (κ2) is 7.70. The summed E-state index contributed by atoms with van der Waals surface area (Å²) < 4.78 is 5.10. The van der Waals surface area contributed by atoms with E-state index in [0.717, 1.165) is 36.4 Å². The first-order valence-corrected chi connectivity index (χ1v) is 6.18. The van der Waals surface area contributed by atoms with Crippen molar-refractivity contribution in [2.45, 2.75) is 13.5 Å². The number of hydrogen-bond acceptors (Lipinski definition) is 4. The molecule has 18 heavy (non-hydrogen) atoms. The van der Waals surface area contributed by atoms with Crippen molar-refractivity contribution >= 4 is 5.69 Å². The number of anilines is 1. The maximum atomic E-state index is 9.25. The third-order valence-electron chi connectivity index (χ3n) is 2.85. The largest absolute Gasteiger partial charge is 0.383 e. The molecule has 4 heteroatoms. The number of methoxy groups -OCH3 is 1. The molecular weight excluding hydrogens is 226 g/mol. The molecule has 0 unspecified atom stereocenters. The first-order chi connectivity index (χ1) is 8.76. The van der Waals surface area contributed by atoms with E-state index in [1.54, 1.807) is 7.11 Å². The van der Waals surface area contributed by atoms with Gasteiger partial charge < -0.3 is 15.0 Å². The fourth-order valence-electron chi connectivity index (χ4n) is 1.91. The maximum Gasteiger partial charge on any atom is 0.101 e. The molecule has 0 aliphatic rings. The van der Waals surface area contributed by atoms with Crippen molar-refractivity contribution in [3.05, 3.63) is 29.3 Å². The Morgan fingerprint density at radius 2 is 2.22 bits per heavy atom. The molecule has 0 saturated carbocycles. The number of likely N-dealkylation sites (N-methyl/N-ethyl adjacent to an activating group) is 1. The standard InChI is InChI=1S/C14H21N3O/c1-4-17(7-8-18-3)14-6-5-12(11-16-2)9-13(14)10-15/h5-6,9,16H,4,7-8,11H2,1-3H3. The normalized spacial score (nSPS) is 10.1. The Morgan fingerprint density at radius 1 is 1.44 bits per heavy atom. The average molecular weight is 247 g/mol. The van der Waals surface area contributed by atoms with Crippen LogP contribution in [-0.2, 0) is 11.3 Å². The van der Waals surface area contributed by atoms with E-state index in [0.29, 0.717) is 6.61 Å². The Morgan fingerprint density at radius 3 is 2.78 bits per heavy atom. The number of ether oxygens (including phenoxy) is 1. The van der Waals surface area contributed by atoms with Gasteiger partial charge in [-0.3, -0.25) is 0 Å². The van der Waals surface area contributed by atoms with Crippen molar-refractivity contribution in [3.63, 3.8) is 0 Å². The van der Waals surface area contributed by atoms with Gasteiger partial charge in [0.1, 0.15) is 6.07 Å². The molecule has 0 spiro atoms. The van der Waals surface area contributed by atoms with Crippen molar-refractivity contribution in [1.82, 2.24) is 5.32 Å². The minimum Gasteiger partial charge on any atom is -0.383 e. The van der Waals surface area contributed by atoms with Gasteiger partial charge in [0.15, 0.2) is 0 Å². The lowest BCUT2D eigenvalue weighted by molar-refractivity contribution is 0.205. The summed E-state index contributed by atoms with van der Waals surface area (Å²) in [4.78, 5) is 2.16. The van der Waals surface area contributed by atoms with Gasteiger partial charge in [0.25, 0.3) is 0 Å². The summed E-state index contributed by atoms with van der Waals surface area (Å²) >= 11 is 0. The Balaban J connectivity index is 2.96. The molecule has 0 heterocycles. The van der Waals surface area contributed by atoms with Crippen LogP contribution < -0.4 is 10.2 Å². The van der Waals surface area contributed by atoms with Crippen LogP contribution in [0.15, 0.2) is 18.2 Å². The van der Waals surface area contributed by atoms with Gasteiger partial charge in [0, 0.05) is 26.7 Å². The van der Waals surface area contributed by atoms with Crippen molar-refractivity contribution < 1.29 is 4.74 Å². The molecule has 4 nitrogen and oxygen atoms in total. The number of nitrogens with zero attached hydrogens (tertiary/aromatic N) is 2. The van der Waals surface area contributed by atoms with Crippen LogP contribution in [0.1, 0.15) is 18.1 Å². The summed E-state index contributed by atoms with van der Waals surface area (Å²) in [7, 11) is 3.59. The van der Waals surface area contributed by atoms with E-state index in [9.17, 15) is 5.26 Å². The van der Waals surface area contributed by atoms with Gasteiger partial charge in [-0.05, 0) is 31.7 Å². The number of rotatable bonds is 7. The summed E-state index contributed by atoms with van der Waals surface area (Å²) in [5, 5.41) is 12.3. The molecule has 0 radical (unpaired) electrons. The van der Waals surface area contributed by atoms with E-state index in [1.165, 1.54) is 0 Å². The smallest absolute Gasteiger partial charge is 0.101 e. The molecule has 1 rings (SSSR count). The van der Waals surface area contributed by atoms with E-state index >= 15 is 0 Å². The van der Waals surface area contributed by atoms with Crippen LogP contribution in [0.3, 0.4) is 0 Å². The molecule has 0 aliphatic carbocycles. The molecule has 0 aliphatic heterocycles. The zero-order chi connectivity index (χ0) is 13.4. The summed E-state index contributed by atoms with van der Waals surface area (Å²) in [6.45, 7) is 5.19. The molecule has 1 aromatic carbocycles. The van der Waals surface area contributed by atoms with Gasteiger partial charge in [-0.1, -0.05) is 6.07 Å². The van der Waals surface area contributed by atoms with E-state index in [2.05, 4.69) is 29.3 Å². The molecule has 0 bridgehead atoms. The van der Waals surface area contributed by atoms with E-state index in [-0.39, 0.29) is 0 Å². The number of hydrogen-bond donors (Lipinski definition) is 1. The summed E-state index contributed by atoms with van der Waals surface area (Å²) in [6.07, 6.45) is 0. The van der Waals surface area contributed by atoms with Gasteiger partial charge in [-0.2, -0.15) is 5.26 Å². The van der Waals surface area contributed by atoms with Gasteiger partial charge in [-0.25, -0.2) is 0 Å². The fraction of sp³-hybridized carbons (Fsp3) is 0.500. The fourth-order valence-corrected chi connectivity index (χ4v) is 1.91. The molecule has 0 fully saturated rings. The van der Waals surface area contributed by atoms with Crippen LogP contribution in [0.5, 0.6) is 0 Å². The quantitative estimate of drug-likeness (QED) is 0.797. The Labute approximate surface area is 109 Å². The van der Waals surface area contributed by atoms with Gasteiger partial charge >= 0.3 is 0 Å². The van der Waals surface area contributed by atoms with E-state index in [1.807, 2.05) is 19.2 Å². The molecular formula is C14H21N3O. The first-order valence-electron chi connectivity index (χ1n) is 6.18. The molecule has 0 saturated heterocycles. The molecule has 0 atom stereocenters. The van der Waals surface area contributed by atoms with Crippen LogP contribution in [0.25, 0.3) is 0 Å². The second-order valence-corrected chi connectivity index (χ2v) is 4.07. The van der Waals surface area contributed by atoms with Crippen LogP contribution in [0.2, 0.25) is 0 Å². The Bertz CT molecular complexity index is 412. The third-order valence-corrected chi connectivity index (χ3v) is 2.85. The summed E-state index contributed by atoms with van der Waals surface area (Å²) in [5.41, 5.74) is 2.83. The lowest BCUT2D eigenvalue weighted by atomic mass is 10.1. The highest BCUT2D eigenvalue weighted by atomic mass is 16.5. The predicted octanol–water partition coefficient (Wildman–Crippen LogP) is 1.75. The van der Waals surface area contributed by atoms with Crippen molar-refractivity contribution in [2.24, 2.45) is 0 Å². The Kier molecular flexibility index (Phi) is 6.20. The SMILES string of the molecule is CCN(CCOC)c1ccc(CNC)cc1C#N. The molecule has 0 aromatic heterocycles. The highest BCUT2D eigenvalue weighted by molar-refractivity contribution is 5.60. The van der Waals surface area contributed by atoms with Crippen molar-refractivity contribution in [3.8, 4) is 6.07 Å². The van der Waals surface area contributed by atoms with Crippen molar-refractivity contribution in [2.75, 3.05) is 38.8 Å². The highest BCUT2D eigenvalue weighted by Crippen LogP contribution is 2.21. The van der Waals surface area contributed by atoms with Crippen molar-refractivity contribution in [1.29, 1.82) is 5.26 Å². The summed E-state index contributed by atoms with van der Waals surface area (Å²) in [5.74, 6) is 0. The van der Waals surface area contributed by atoms with Crippen LogP contribution >= 0.6 is 0 Å². The van der Waals surface area contributed by atoms with Gasteiger partial charge in [-0.15, -0.1) is 0 Å². The molecule has 1 N–H and O–H groups in total. The lowest BCUT2D eigenvalue weighted by Crippen LogP contribution is -2.27. The maximum absolute atomic E-state index is 9.25. The molecule has 98 valence electrons. The van der Waals surface area contributed by atoms with E-state index in [4.69, 9.17) is 4.74 Å². The number of benzene rings is 1. The highest BCUT2D eigenvalue weighted by Gasteiger charge is 2.10. The lowest BCUT2D eigenvalue weighted by Gasteiger charge is -2.24. The molecule has 1 aromatic rings. The minimum absolute atomic E-state index is 0.664. The predicted molar refractivity (Wildman–Crippen MR) is 73.7 cm³/mol. The van der Waals surface area contributed by atoms with Crippen LogP contribution in [0.4, 0.5) is 5.69 Å². The zero-order valence-electron chi connectivity index (χ0n) is 11.4. The first kappa shape index (κ1) is 14.5. The Hall–Kier alpha value is -1.57.